The Balaban J connectivity index is 1.71. The molecule has 1 unspecified atom stereocenters. The third-order valence-corrected chi connectivity index (χ3v) is 6.40. The van der Waals surface area contributed by atoms with Gasteiger partial charge in [-0.25, -0.2) is 13.2 Å². The molecule has 0 aromatic heterocycles. The van der Waals surface area contributed by atoms with Crippen molar-refractivity contribution in [1.29, 1.82) is 0 Å². The van der Waals surface area contributed by atoms with E-state index in [2.05, 4.69) is 5.32 Å². The summed E-state index contributed by atoms with van der Waals surface area (Å²) < 4.78 is 30.8. The molecule has 1 atom stereocenters. The number of carbonyl (C=O) groups excluding carboxylic acids is 1. The molecule has 0 heterocycles. The predicted molar refractivity (Wildman–Crippen MR) is 117 cm³/mol. The van der Waals surface area contributed by atoms with E-state index in [0.717, 1.165) is 0 Å². The molecule has 1 amide bonds. The lowest BCUT2D eigenvalue weighted by Crippen LogP contribution is -2.50. The molecule has 0 spiro atoms. The van der Waals surface area contributed by atoms with Crippen LogP contribution in [0.5, 0.6) is 5.75 Å². The number of ether oxygens (including phenoxy) is 1. The van der Waals surface area contributed by atoms with Crippen LogP contribution >= 0.6 is 0 Å². The van der Waals surface area contributed by atoms with Gasteiger partial charge in [-0.2, -0.15) is 0 Å². The molecule has 32 heavy (non-hydrogen) atoms. The number of carbonyl (C=O) groups is 2. The minimum atomic E-state index is -4.19. The zero-order valence-corrected chi connectivity index (χ0v) is 17.7. The highest BCUT2D eigenvalue weighted by molar-refractivity contribution is 7.91. The van der Waals surface area contributed by atoms with E-state index in [-0.39, 0.29) is 10.8 Å². The predicted octanol–water partition coefficient (Wildman–Crippen LogP) is 2.61. The Kier molecular flexibility index (Phi) is 6.92. The number of benzene rings is 3. The van der Waals surface area contributed by atoms with Gasteiger partial charge in [0.15, 0.2) is 9.84 Å². The second-order valence-electron chi connectivity index (χ2n) is 7.04. The number of amides is 1. The first-order chi connectivity index (χ1) is 15.2. The molecule has 9 heteroatoms. The van der Waals surface area contributed by atoms with Gasteiger partial charge in [0.05, 0.1) is 10.6 Å². The first-order valence-corrected chi connectivity index (χ1v) is 11.2. The van der Waals surface area contributed by atoms with Gasteiger partial charge >= 0.3 is 5.97 Å². The lowest BCUT2D eigenvalue weighted by atomic mass is 10.1. The quantitative estimate of drug-likeness (QED) is 0.452. The van der Waals surface area contributed by atoms with Crippen LogP contribution in [0.25, 0.3) is 0 Å². The van der Waals surface area contributed by atoms with Gasteiger partial charge in [-0.15, -0.1) is 0 Å². The van der Waals surface area contributed by atoms with Crippen molar-refractivity contribution < 1.29 is 33.0 Å². The highest BCUT2D eigenvalue weighted by atomic mass is 32.2. The van der Waals surface area contributed by atoms with Crippen LogP contribution in [-0.2, 0) is 14.6 Å². The molecule has 0 saturated heterocycles. The molecule has 0 saturated carbocycles. The highest BCUT2D eigenvalue weighted by Gasteiger charge is 2.42. The molecule has 0 fully saturated rings. The number of aliphatic hydroxyl groups is 1. The Morgan fingerprint density at radius 2 is 1.44 bits per heavy atom. The van der Waals surface area contributed by atoms with E-state index in [1.54, 1.807) is 60.7 Å². The van der Waals surface area contributed by atoms with Crippen molar-refractivity contribution in [2.45, 2.75) is 10.5 Å². The van der Waals surface area contributed by atoms with Crippen LogP contribution in [0.3, 0.4) is 0 Å². The van der Waals surface area contributed by atoms with Gasteiger partial charge in [-0.1, -0.05) is 36.4 Å². The summed E-state index contributed by atoms with van der Waals surface area (Å²) >= 11 is 0. The Morgan fingerprint density at radius 3 is 2.00 bits per heavy atom. The molecule has 3 N–H and O–H groups in total. The summed E-state index contributed by atoms with van der Waals surface area (Å²) in [5.74, 6) is -2.87. The van der Waals surface area contributed by atoms with Gasteiger partial charge in [0.1, 0.15) is 12.4 Å². The number of sulfone groups is 1. The minimum absolute atomic E-state index is 0.199. The van der Waals surface area contributed by atoms with E-state index < -0.39 is 33.8 Å². The Bertz CT molecular complexity index is 1180. The number of hydrogen-bond donors (Lipinski definition) is 3. The van der Waals surface area contributed by atoms with Gasteiger partial charge in [0.25, 0.3) is 5.91 Å². The summed E-state index contributed by atoms with van der Waals surface area (Å²) in [5, 5.41) is 22.6. The molecule has 0 aliphatic rings. The number of nitrogens with one attached hydrogen (secondary N) is 1. The second kappa shape index (κ2) is 9.63. The van der Waals surface area contributed by atoms with Crippen molar-refractivity contribution in [3.63, 3.8) is 0 Å². The van der Waals surface area contributed by atoms with Gasteiger partial charge in [-0.3, -0.25) is 4.79 Å². The van der Waals surface area contributed by atoms with Crippen molar-refractivity contribution >= 4 is 27.4 Å². The zero-order chi connectivity index (χ0) is 23.2. The molecule has 3 rings (SSSR count). The number of rotatable bonds is 9. The molecule has 166 valence electrons. The van der Waals surface area contributed by atoms with Crippen molar-refractivity contribution in [3.8, 4) is 5.75 Å². The summed E-state index contributed by atoms with van der Waals surface area (Å²) in [6.07, 6.45) is 0. The second-order valence-corrected chi connectivity index (χ2v) is 9.03. The number of para-hydroxylation sites is 1. The molecular formula is C23H21NO7S. The summed E-state index contributed by atoms with van der Waals surface area (Å²) in [7, 11) is -4.19. The minimum Gasteiger partial charge on any atom is -0.490 e. The third kappa shape index (κ3) is 5.71. The van der Waals surface area contributed by atoms with E-state index in [1.165, 1.54) is 24.3 Å². The third-order valence-electron chi connectivity index (χ3n) is 4.55. The Morgan fingerprint density at radius 1 is 0.875 bits per heavy atom. The molecule has 8 nitrogen and oxygen atoms in total. The van der Waals surface area contributed by atoms with E-state index >= 15 is 0 Å². The highest BCUT2D eigenvalue weighted by Crippen LogP contribution is 2.21. The molecule has 0 radical (unpaired) electrons. The zero-order valence-electron chi connectivity index (χ0n) is 16.8. The maximum absolute atomic E-state index is 12.8. The Hall–Kier alpha value is -3.69. The monoisotopic (exact) mass is 455 g/mol. The summed E-state index contributed by atoms with van der Waals surface area (Å²) in [4.78, 5) is 23.6. The maximum Gasteiger partial charge on any atom is 0.340 e. The molecule has 3 aromatic carbocycles. The lowest BCUT2D eigenvalue weighted by molar-refractivity contribution is -0.158. The molecule has 0 aliphatic carbocycles. The van der Waals surface area contributed by atoms with E-state index in [4.69, 9.17) is 4.74 Å². The van der Waals surface area contributed by atoms with Crippen LogP contribution < -0.4 is 10.1 Å². The number of carboxylic acid groups (broad SMARTS) is 1. The van der Waals surface area contributed by atoms with Gasteiger partial charge in [-0.05, 0) is 48.5 Å². The molecule has 0 bridgehead atoms. The summed E-state index contributed by atoms with van der Waals surface area (Å²) in [5.41, 5.74) is -1.86. The standard InChI is InChI=1S/C23H21NO7S/c25-21(17-7-3-1-4-8-17)24-18-11-13-20(14-12-18)32(29,30)16-23(28,22(26)27)15-31-19-9-5-2-6-10-19/h1-14,28H,15-16H2,(H,24,25)(H,26,27). The number of carboxylic acids is 1. The first kappa shape index (κ1) is 23.0. The topological polar surface area (TPSA) is 130 Å². The van der Waals surface area contributed by atoms with Gasteiger partial charge in [0, 0.05) is 11.3 Å². The number of aliphatic carboxylic acids is 1. The lowest BCUT2D eigenvalue weighted by Gasteiger charge is -2.23. The van der Waals surface area contributed by atoms with Crippen molar-refractivity contribution in [2.24, 2.45) is 0 Å². The average molecular weight is 455 g/mol. The van der Waals surface area contributed by atoms with Crippen LogP contribution in [0.15, 0.2) is 89.8 Å². The Labute approximate surface area is 185 Å². The molecule has 3 aromatic rings. The maximum atomic E-state index is 12.8. The van der Waals surface area contributed by atoms with E-state index in [0.29, 0.717) is 17.0 Å². The van der Waals surface area contributed by atoms with Crippen LogP contribution in [-0.4, -0.2) is 48.5 Å². The van der Waals surface area contributed by atoms with E-state index in [9.17, 15) is 28.2 Å². The van der Waals surface area contributed by atoms with Crippen LogP contribution in [0.2, 0.25) is 0 Å². The van der Waals surface area contributed by atoms with Crippen LogP contribution in [0.1, 0.15) is 10.4 Å². The van der Waals surface area contributed by atoms with Crippen molar-refractivity contribution in [3.05, 3.63) is 90.5 Å². The fourth-order valence-corrected chi connectivity index (χ4v) is 4.37. The fraction of sp³-hybridized carbons (Fsp3) is 0.130. The van der Waals surface area contributed by atoms with Crippen LogP contribution in [0.4, 0.5) is 5.69 Å². The smallest absolute Gasteiger partial charge is 0.340 e. The van der Waals surface area contributed by atoms with Gasteiger partial charge < -0.3 is 20.3 Å². The molecular weight excluding hydrogens is 434 g/mol. The van der Waals surface area contributed by atoms with Crippen molar-refractivity contribution in [1.82, 2.24) is 0 Å². The summed E-state index contributed by atoms with van der Waals surface area (Å²) in [6, 6.07) is 21.9. The van der Waals surface area contributed by atoms with Crippen LogP contribution in [0, 0.1) is 0 Å². The number of anilines is 1. The number of hydrogen-bond acceptors (Lipinski definition) is 6. The average Bonchev–Trinajstić information content (AvgIpc) is 2.79. The van der Waals surface area contributed by atoms with Gasteiger partial charge in [0.2, 0.25) is 5.60 Å². The largest absolute Gasteiger partial charge is 0.490 e. The molecule has 0 aliphatic heterocycles. The summed E-state index contributed by atoms with van der Waals surface area (Å²) in [6.45, 7) is -0.753. The van der Waals surface area contributed by atoms with E-state index in [1.807, 2.05) is 0 Å². The fourth-order valence-electron chi connectivity index (χ4n) is 2.82. The normalized spacial score (nSPS) is 13.0. The SMILES string of the molecule is O=C(Nc1ccc(S(=O)(=O)CC(O)(COc2ccccc2)C(=O)O)cc1)c1ccccc1. The first-order valence-electron chi connectivity index (χ1n) is 9.52. The van der Waals surface area contributed by atoms with Crippen molar-refractivity contribution in [2.75, 3.05) is 17.7 Å².